The highest BCUT2D eigenvalue weighted by atomic mass is 16.7. The lowest BCUT2D eigenvalue weighted by molar-refractivity contribution is 0.00578. The Labute approximate surface area is 159 Å². The van der Waals surface area contributed by atoms with Crippen LogP contribution in [0.1, 0.15) is 61.0 Å². The maximum atomic E-state index is 6.11. The Bertz CT molecular complexity index is 620. The summed E-state index contributed by atoms with van der Waals surface area (Å²) in [5.74, 6) is 0. The zero-order valence-corrected chi connectivity index (χ0v) is 17.5. The van der Waals surface area contributed by atoms with E-state index in [9.17, 15) is 0 Å². The normalized spacial score (nSPS) is 25.7. The van der Waals surface area contributed by atoms with Crippen molar-refractivity contribution in [1.82, 2.24) is 0 Å². The summed E-state index contributed by atoms with van der Waals surface area (Å²) in [6, 6.07) is 8.49. The van der Waals surface area contributed by atoms with E-state index < -0.39 is 0 Å². The molecule has 0 aliphatic carbocycles. The molecule has 6 heteroatoms. The molecule has 1 aromatic carbocycles. The lowest BCUT2D eigenvalue weighted by Gasteiger charge is -2.32. The van der Waals surface area contributed by atoms with Crippen LogP contribution in [0.25, 0.3) is 0 Å². The zero-order valence-electron chi connectivity index (χ0n) is 17.5. The minimum absolute atomic E-state index is 0.150. The summed E-state index contributed by atoms with van der Waals surface area (Å²) in [7, 11) is -0.458. The Morgan fingerprint density at radius 1 is 0.654 bits per heavy atom. The molecule has 2 fully saturated rings. The molecule has 0 N–H and O–H groups in total. The Hall–Kier alpha value is -0.810. The van der Waals surface area contributed by atoms with Crippen LogP contribution in [0.15, 0.2) is 24.3 Å². The molecule has 2 saturated heterocycles. The van der Waals surface area contributed by atoms with Crippen LogP contribution in [0.5, 0.6) is 0 Å². The molecule has 0 amide bonds. The van der Waals surface area contributed by atoms with E-state index in [1.54, 1.807) is 0 Å². The van der Waals surface area contributed by atoms with E-state index in [0.29, 0.717) is 0 Å². The molecule has 1 aromatic rings. The number of aryl methyl sites for hydroxylation is 1. The number of rotatable bonds is 4. The fourth-order valence-electron chi connectivity index (χ4n) is 3.19. The van der Waals surface area contributed by atoms with Crippen molar-refractivity contribution in [2.24, 2.45) is 0 Å². The molecule has 0 radical (unpaired) electrons. The van der Waals surface area contributed by atoms with Crippen LogP contribution in [0.3, 0.4) is 0 Å². The molecule has 2 aliphatic heterocycles. The van der Waals surface area contributed by atoms with Crippen molar-refractivity contribution in [3.63, 3.8) is 0 Å². The second-order valence-corrected chi connectivity index (χ2v) is 9.55. The van der Waals surface area contributed by atoms with Gasteiger partial charge in [0.2, 0.25) is 0 Å². The first-order valence-corrected chi connectivity index (χ1v) is 9.63. The van der Waals surface area contributed by atoms with Gasteiger partial charge >= 0.3 is 14.2 Å². The molecule has 0 saturated carbocycles. The third-order valence-electron chi connectivity index (χ3n) is 6.48. The monoisotopic (exact) mass is 358 g/mol. The highest BCUT2D eigenvalue weighted by Crippen LogP contribution is 2.38. The smallest absolute Gasteiger partial charge is 0.403 e. The second-order valence-electron chi connectivity index (χ2n) is 9.55. The minimum atomic E-state index is -0.312. The Kier molecular flexibility index (Phi) is 4.88. The van der Waals surface area contributed by atoms with Crippen molar-refractivity contribution in [3.8, 4) is 0 Å². The minimum Gasteiger partial charge on any atom is -0.403 e. The zero-order chi connectivity index (χ0) is 19.4. The average Bonchev–Trinajstić information content (AvgIpc) is 2.85. The third-order valence-corrected chi connectivity index (χ3v) is 6.48. The molecule has 0 bridgehead atoms. The number of hydrogen-bond donors (Lipinski definition) is 0. The molecule has 3 rings (SSSR count). The standard InChI is InChI=1S/C20H32B2O4/c1-17(2)18(3,4)24-21(23-17)14-13-15-9-11-16(12-10-15)22-25-19(5,6)20(7,8)26-22/h9-12H,13-14H2,1-8H3. The molecule has 4 nitrogen and oxygen atoms in total. The van der Waals surface area contributed by atoms with Crippen LogP contribution in [-0.4, -0.2) is 36.6 Å². The summed E-state index contributed by atoms with van der Waals surface area (Å²) in [5.41, 5.74) is 1.17. The van der Waals surface area contributed by atoms with Crippen molar-refractivity contribution in [2.75, 3.05) is 0 Å². The molecule has 0 aromatic heterocycles. The molecule has 0 spiro atoms. The summed E-state index contributed by atoms with van der Waals surface area (Å²) in [5, 5.41) is 0. The predicted molar refractivity (Wildman–Crippen MR) is 107 cm³/mol. The van der Waals surface area contributed by atoms with Gasteiger partial charge < -0.3 is 18.6 Å². The predicted octanol–water partition coefficient (Wildman–Crippen LogP) is 3.62. The largest absolute Gasteiger partial charge is 0.494 e. The molecule has 0 atom stereocenters. The van der Waals surface area contributed by atoms with Gasteiger partial charge in [-0.1, -0.05) is 24.3 Å². The van der Waals surface area contributed by atoms with Gasteiger partial charge in [-0.05, 0) is 79.2 Å². The van der Waals surface area contributed by atoms with Crippen LogP contribution in [0, 0.1) is 0 Å². The van der Waals surface area contributed by atoms with Crippen molar-refractivity contribution >= 4 is 19.7 Å². The van der Waals surface area contributed by atoms with E-state index >= 15 is 0 Å². The summed E-state index contributed by atoms with van der Waals surface area (Å²) < 4.78 is 24.4. The highest BCUT2D eigenvalue weighted by molar-refractivity contribution is 6.62. The van der Waals surface area contributed by atoms with Crippen LogP contribution in [-0.2, 0) is 25.0 Å². The molecule has 26 heavy (non-hydrogen) atoms. The van der Waals surface area contributed by atoms with Gasteiger partial charge in [0.25, 0.3) is 0 Å². The molecule has 2 aliphatic rings. The fraction of sp³-hybridized carbons (Fsp3) is 0.700. The van der Waals surface area contributed by atoms with Crippen molar-refractivity contribution < 1.29 is 18.6 Å². The average molecular weight is 358 g/mol. The topological polar surface area (TPSA) is 36.9 Å². The van der Waals surface area contributed by atoms with Crippen molar-refractivity contribution in [1.29, 1.82) is 0 Å². The van der Waals surface area contributed by atoms with Gasteiger partial charge in [0.1, 0.15) is 0 Å². The van der Waals surface area contributed by atoms with Crippen LogP contribution in [0.4, 0.5) is 0 Å². The van der Waals surface area contributed by atoms with E-state index in [4.69, 9.17) is 18.6 Å². The SMILES string of the molecule is CC1(C)OB(CCc2ccc(B3OC(C)(C)C(C)(C)O3)cc2)OC1(C)C. The Morgan fingerprint density at radius 2 is 1.08 bits per heavy atom. The first-order chi connectivity index (χ1) is 11.8. The molecule has 2 heterocycles. The first kappa shape index (κ1) is 19.9. The van der Waals surface area contributed by atoms with Crippen LogP contribution >= 0.6 is 0 Å². The van der Waals surface area contributed by atoms with Gasteiger partial charge in [-0.2, -0.15) is 0 Å². The number of benzene rings is 1. The first-order valence-electron chi connectivity index (χ1n) is 9.63. The summed E-state index contributed by atoms with van der Waals surface area (Å²) in [6.45, 7) is 16.7. The summed E-state index contributed by atoms with van der Waals surface area (Å²) >= 11 is 0. The van der Waals surface area contributed by atoms with Crippen LogP contribution in [0.2, 0.25) is 6.32 Å². The van der Waals surface area contributed by atoms with Gasteiger partial charge in [0.05, 0.1) is 22.4 Å². The van der Waals surface area contributed by atoms with Gasteiger partial charge in [-0.15, -0.1) is 0 Å². The van der Waals surface area contributed by atoms with E-state index in [1.807, 2.05) is 0 Å². The Morgan fingerprint density at radius 3 is 1.54 bits per heavy atom. The van der Waals surface area contributed by atoms with Crippen molar-refractivity contribution in [2.45, 2.75) is 90.5 Å². The van der Waals surface area contributed by atoms with E-state index in [0.717, 1.165) is 18.2 Å². The van der Waals surface area contributed by atoms with E-state index in [2.05, 4.69) is 79.7 Å². The molecule has 0 unspecified atom stereocenters. The lowest BCUT2D eigenvalue weighted by Crippen LogP contribution is -2.41. The quantitative estimate of drug-likeness (QED) is 0.771. The lowest BCUT2D eigenvalue weighted by atomic mass is 9.77. The maximum absolute atomic E-state index is 6.11. The molecule has 142 valence electrons. The van der Waals surface area contributed by atoms with Gasteiger partial charge in [-0.25, -0.2) is 0 Å². The van der Waals surface area contributed by atoms with E-state index in [-0.39, 0.29) is 36.6 Å². The van der Waals surface area contributed by atoms with E-state index in [1.165, 1.54) is 5.56 Å². The highest BCUT2D eigenvalue weighted by Gasteiger charge is 2.52. The van der Waals surface area contributed by atoms with Gasteiger partial charge in [0.15, 0.2) is 0 Å². The second kappa shape index (κ2) is 6.37. The van der Waals surface area contributed by atoms with Gasteiger partial charge in [-0.3, -0.25) is 0 Å². The fourth-order valence-corrected chi connectivity index (χ4v) is 3.19. The molecular formula is C20H32B2O4. The van der Waals surface area contributed by atoms with Crippen LogP contribution < -0.4 is 5.46 Å². The Balaban J connectivity index is 1.58. The van der Waals surface area contributed by atoms with Crippen molar-refractivity contribution in [3.05, 3.63) is 29.8 Å². The third kappa shape index (κ3) is 3.62. The maximum Gasteiger partial charge on any atom is 0.494 e. The molecular weight excluding hydrogens is 326 g/mol. The summed E-state index contributed by atoms with van der Waals surface area (Å²) in [4.78, 5) is 0. The van der Waals surface area contributed by atoms with Gasteiger partial charge in [0, 0.05) is 0 Å². The summed E-state index contributed by atoms with van der Waals surface area (Å²) in [6.07, 6.45) is 1.77. The number of hydrogen-bond acceptors (Lipinski definition) is 4.